The summed E-state index contributed by atoms with van der Waals surface area (Å²) in [6.45, 7) is 53.0. The first kappa shape index (κ1) is 67.8. The Labute approximate surface area is 599 Å². The third kappa shape index (κ3) is 12.6. The van der Waals surface area contributed by atoms with Crippen LogP contribution >= 0.6 is 11.3 Å². The minimum absolute atomic E-state index is 0. The average molecular weight is 1480 g/mol. The Kier molecular flexibility index (Phi) is 17.4. The zero-order valence-electron chi connectivity index (χ0n) is 62.2. The van der Waals surface area contributed by atoms with E-state index >= 15 is 0 Å². The normalized spacial score (nSPS) is 13.6. The second kappa shape index (κ2) is 24.9. The number of hydrogen-bond acceptors (Lipinski definition) is 5. The molecule has 1 aliphatic rings. The largest absolute Gasteiger partial charge is 0.509 e. The number of hydrogen-bond donors (Lipinski definition) is 0. The average Bonchev–Trinajstić information content (AvgIpc) is 1.54. The van der Waals surface area contributed by atoms with E-state index in [1.807, 2.05) is 18.3 Å². The molecule has 502 valence electrons. The standard InChI is InChI=1S/C90H97N4OS.Pt/c1-54(2)67-30-27-31-68(55(3)4)81(67)59-45-64(49-66(46-59)95-65-37-38-73-78(50-65)94(80-51-74(56(5)52-91-80)90(21,22)89(18,19)20)77-40-39-72-71-29-23-26-36-79(71)96-84(72)82(73)77)92-53-93(76-35-25-24-34-75(76)92)83-69(57-41-60(85(6,7)8)47-61(42-57)86(9,10)11)32-28-33-70(83)58-43-62(87(12,13)14)48-63(44-58)88(15,16)17;/h23-48,51-55H,1-22H3;/q-3;/i52D;. The molecule has 5 nitrogen and oxygen atoms in total. The number of pyridine rings is 1. The summed E-state index contributed by atoms with van der Waals surface area (Å²) in [4.78, 5) is 9.93. The fourth-order valence-corrected chi connectivity index (χ4v) is 15.3. The first-order valence-corrected chi connectivity index (χ1v) is 35.5. The second-order valence-electron chi connectivity index (χ2n) is 33.5. The van der Waals surface area contributed by atoms with Crippen LogP contribution in [0.15, 0.2) is 170 Å². The molecule has 0 atom stereocenters. The van der Waals surface area contributed by atoms with Crippen LogP contribution in [-0.4, -0.2) is 9.55 Å². The van der Waals surface area contributed by atoms with Crippen LogP contribution < -0.4 is 14.5 Å². The zero-order valence-corrected chi connectivity index (χ0v) is 64.3. The van der Waals surface area contributed by atoms with Crippen molar-refractivity contribution < 1.29 is 27.2 Å². The fraction of sp³-hybridized carbons (Fsp3) is 0.333. The van der Waals surface area contributed by atoms with Crippen molar-refractivity contribution in [2.45, 2.75) is 191 Å². The Bertz CT molecular complexity index is 4920. The third-order valence-electron chi connectivity index (χ3n) is 20.8. The summed E-state index contributed by atoms with van der Waals surface area (Å²) in [7, 11) is 0. The van der Waals surface area contributed by atoms with Gasteiger partial charge in [-0.25, -0.2) is 4.98 Å². The molecule has 3 aromatic heterocycles. The van der Waals surface area contributed by atoms with Crippen LogP contribution in [0.2, 0.25) is 0 Å². The van der Waals surface area contributed by atoms with Crippen LogP contribution in [0.1, 0.15) is 203 Å². The molecule has 4 heterocycles. The number of rotatable bonds is 11. The van der Waals surface area contributed by atoms with Crippen LogP contribution in [0.25, 0.3) is 81.2 Å². The molecule has 1 aliphatic heterocycles. The molecule has 0 radical (unpaired) electrons. The molecule has 0 fully saturated rings. The summed E-state index contributed by atoms with van der Waals surface area (Å²) in [5, 5.41) is 4.63. The molecule has 13 rings (SSSR count). The Morgan fingerprint density at radius 1 is 0.515 bits per heavy atom. The molecule has 0 spiro atoms. The zero-order chi connectivity index (χ0) is 69.5. The number of anilines is 4. The number of para-hydroxylation sites is 3. The Hall–Kier alpha value is -7.76. The van der Waals surface area contributed by atoms with E-state index in [2.05, 4.69) is 342 Å². The number of benzene rings is 9. The van der Waals surface area contributed by atoms with Crippen molar-refractivity contribution in [3.63, 3.8) is 0 Å². The predicted octanol–water partition coefficient (Wildman–Crippen LogP) is 26.4. The van der Waals surface area contributed by atoms with Crippen molar-refractivity contribution >= 4 is 76.1 Å². The van der Waals surface area contributed by atoms with Gasteiger partial charge in [0.15, 0.2) is 0 Å². The van der Waals surface area contributed by atoms with Crippen molar-refractivity contribution in [3.8, 4) is 50.7 Å². The summed E-state index contributed by atoms with van der Waals surface area (Å²) < 4.78 is 21.6. The van der Waals surface area contributed by atoms with Crippen molar-refractivity contribution in [1.82, 2.24) is 9.55 Å². The van der Waals surface area contributed by atoms with Crippen LogP contribution in [-0.2, 0) is 48.1 Å². The van der Waals surface area contributed by atoms with E-state index in [9.17, 15) is 1.37 Å². The molecule has 0 N–H and O–H groups in total. The van der Waals surface area contributed by atoms with Crippen LogP contribution in [0.5, 0.6) is 11.5 Å². The molecule has 0 saturated carbocycles. The molecule has 0 amide bonds. The maximum absolute atomic E-state index is 9.51. The molecule has 12 aromatic rings. The number of ether oxygens (including phenoxy) is 1. The van der Waals surface area contributed by atoms with Gasteiger partial charge in [0.2, 0.25) is 0 Å². The van der Waals surface area contributed by atoms with Gasteiger partial charge in [-0.15, -0.1) is 65.0 Å². The van der Waals surface area contributed by atoms with Gasteiger partial charge in [0.1, 0.15) is 5.82 Å². The first-order chi connectivity index (χ1) is 45.5. The fourth-order valence-electron chi connectivity index (χ4n) is 14.0. The quantitative estimate of drug-likeness (QED) is 0.121. The maximum Gasteiger partial charge on any atom is 0.135 e. The van der Waals surface area contributed by atoms with E-state index in [-0.39, 0.29) is 71.6 Å². The molecule has 97 heavy (non-hydrogen) atoms. The Morgan fingerprint density at radius 2 is 1.04 bits per heavy atom. The maximum atomic E-state index is 9.51. The smallest absolute Gasteiger partial charge is 0.135 e. The third-order valence-corrected chi connectivity index (χ3v) is 22.0. The molecule has 0 unspecified atom stereocenters. The SMILES string of the molecule is [2H]c1nc(-n2c3[c-]c(Oc4[c-]c(N5[CH-]N(c6c(-c7cc(C(C)(C)C)cc(C(C)(C)C)c7)cccc6-c6cc(C(C)(C)C)cc(C(C)(C)C)c6)c6ccccc65)cc(-c5c(C(C)C)cccc5C(C)C)c4)ccc3c3c4sc5ccccc5c4ccc32)cc(C(C)(C)C(C)(C)C)c1C.[Pt]. The van der Waals surface area contributed by atoms with E-state index in [0.717, 1.165) is 72.4 Å². The topological polar surface area (TPSA) is 33.5 Å². The molecular formula is C90H97N4OPtS-3. The molecule has 0 aliphatic carbocycles. The van der Waals surface area contributed by atoms with Crippen LogP contribution in [0, 0.1) is 31.1 Å². The van der Waals surface area contributed by atoms with Crippen molar-refractivity contribution in [2.75, 3.05) is 9.80 Å². The van der Waals surface area contributed by atoms with Gasteiger partial charge in [-0.2, -0.15) is 6.07 Å². The summed E-state index contributed by atoms with van der Waals surface area (Å²) in [6, 6.07) is 69.3. The minimum Gasteiger partial charge on any atom is -0.509 e. The molecular weight excluding hydrogens is 1380 g/mol. The van der Waals surface area contributed by atoms with Gasteiger partial charge in [0.25, 0.3) is 0 Å². The summed E-state index contributed by atoms with van der Waals surface area (Å²) >= 11 is 1.82. The van der Waals surface area contributed by atoms with Gasteiger partial charge < -0.3 is 19.1 Å². The second-order valence-corrected chi connectivity index (χ2v) is 34.5. The van der Waals surface area contributed by atoms with Crippen molar-refractivity contribution in [1.29, 1.82) is 0 Å². The summed E-state index contributed by atoms with van der Waals surface area (Å²) in [5.74, 6) is 2.27. The van der Waals surface area contributed by atoms with E-state index in [1.54, 1.807) is 0 Å². The van der Waals surface area contributed by atoms with E-state index in [0.29, 0.717) is 17.3 Å². The predicted molar refractivity (Wildman–Crippen MR) is 414 cm³/mol. The number of aromatic nitrogens is 2. The van der Waals surface area contributed by atoms with E-state index < -0.39 is 0 Å². The van der Waals surface area contributed by atoms with Crippen LogP contribution in [0.4, 0.5) is 22.7 Å². The number of thiophene rings is 1. The molecule has 9 aromatic carbocycles. The monoisotopic (exact) mass is 1480 g/mol. The number of nitrogens with zero attached hydrogens (tertiary/aromatic N) is 4. The van der Waals surface area contributed by atoms with Gasteiger partial charge >= 0.3 is 0 Å². The van der Waals surface area contributed by atoms with Crippen molar-refractivity contribution in [3.05, 3.63) is 233 Å². The Balaban J connectivity index is 0.00000914. The van der Waals surface area contributed by atoms with Gasteiger partial charge in [0.05, 0.1) is 1.37 Å². The molecule has 7 heteroatoms. The Morgan fingerprint density at radius 3 is 1.59 bits per heavy atom. The molecule has 0 bridgehead atoms. The van der Waals surface area contributed by atoms with Gasteiger partial charge in [-0.1, -0.05) is 260 Å². The minimum atomic E-state index is -0.291. The van der Waals surface area contributed by atoms with E-state index in [1.165, 1.54) is 70.2 Å². The first-order valence-electron chi connectivity index (χ1n) is 35.1. The van der Waals surface area contributed by atoms with E-state index in [4.69, 9.17) is 9.72 Å². The van der Waals surface area contributed by atoms with Crippen LogP contribution in [0.3, 0.4) is 0 Å². The van der Waals surface area contributed by atoms with Gasteiger partial charge in [-0.05, 0) is 148 Å². The summed E-state index contributed by atoms with van der Waals surface area (Å²) in [5.41, 5.74) is 21.8. The molecule has 0 saturated heterocycles. The van der Waals surface area contributed by atoms with Gasteiger partial charge in [-0.3, -0.25) is 0 Å². The van der Waals surface area contributed by atoms with Crippen molar-refractivity contribution in [2.24, 2.45) is 5.41 Å². The number of fused-ring (bicyclic) bond motifs is 8. The van der Waals surface area contributed by atoms with Gasteiger partial charge in [0, 0.05) is 92.6 Å². The summed E-state index contributed by atoms with van der Waals surface area (Å²) in [6.07, 6.45) is 0.268.